The highest BCUT2D eigenvalue weighted by Gasteiger charge is 2.35. The van der Waals surface area contributed by atoms with Crippen molar-refractivity contribution in [3.8, 4) is 0 Å². The minimum absolute atomic E-state index is 0.149. The van der Waals surface area contributed by atoms with Crippen molar-refractivity contribution >= 4 is 17.3 Å². The zero-order valence-electron chi connectivity index (χ0n) is 11.1. The number of anilines is 1. The number of non-ortho nitro benzene ring substituents is 1. The molecule has 20 heavy (non-hydrogen) atoms. The number of rotatable bonds is 3. The normalized spacial score (nSPS) is 17.5. The molecule has 1 aromatic rings. The highest BCUT2D eigenvalue weighted by Crippen LogP contribution is 2.30. The standard InChI is InChI=1S/C13H16FN3O3/c1-13(4-6-15-7-5-13)12(18)16-11-8-9(17(19)20)2-3-10(11)14/h2-3,8,15H,4-7H2,1H3,(H,16,18). The summed E-state index contributed by atoms with van der Waals surface area (Å²) in [5, 5.41) is 16.3. The van der Waals surface area contributed by atoms with E-state index in [1.807, 2.05) is 6.92 Å². The molecule has 1 saturated heterocycles. The minimum Gasteiger partial charge on any atom is -0.323 e. The molecule has 0 atom stereocenters. The molecule has 1 fully saturated rings. The molecule has 0 radical (unpaired) electrons. The van der Waals surface area contributed by atoms with Crippen LogP contribution in [0.3, 0.4) is 0 Å². The molecule has 0 spiro atoms. The lowest BCUT2D eigenvalue weighted by Crippen LogP contribution is -2.42. The van der Waals surface area contributed by atoms with Crippen LogP contribution in [0.1, 0.15) is 19.8 Å². The van der Waals surface area contributed by atoms with Gasteiger partial charge in [-0.15, -0.1) is 0 Å². The first-order valence-corrected chi connectivity index (χ1v) is 6.38. The number of nitro benzene ring substituents is 1. The number of halogens is 1. The maximum absolute atomic E-state index is 13.6. The van der Waals surface area contributed by atoms with Crippen molar-refractivity contribution < 1.29 is 14.1 Å². The van der Waals surface area contributed by atoms with Gasteiger partial charge in [0.05, 0.1) is 10.6 Å². The number of carbonyl (C=O) groups is 1. The van der Waals surface area contributed by atoms with E-state index >= 15 is 0 Å². The summed E-state index contributed by atoms with van der Waals surface area (Å²) < 4.78 is 13.6. The molecule has 2 N–H and O–H groups in total. The molecular weight excluding hydrogens is 265 g/mol. The van der Waals surface area contributed by atoms with Gasteiger partial charge in [-0.25, -0.2) is 4.39 Å². The van der Waals surface area contributed by atoms with Crippen LogP contribution in [0.4, 0.5) is 15.8 Å². The van der Waals surface area contributed by atoms with Gasteiger partial charge in [-0.3, -0.25) is 14.9 Å². The summed E-state index contributed by atoms with van der Waals surface area (Å²) in [5.74, 6) is -0.986. The summed E-state index contributed by atoms with van der Waals surface area (Å²) in [6, 6.07) is 3.09. The first kappa shape index (κ1) is 14.4. The number of benzene rings is 1. The van der Waals surface area contributed by atoms with E-state index in [1.54, 1.807) is 0 Å². The van der Waals surface area contributed by atoms with Crippen LogP contribution in [0.25, 0.3) is 0 Å². The van der Waals surface area contributed by atoms with Crippen LogP contribution in [0.2, 0.25) is 0 Å². The highest BCUT2D eigenvalue weighted by atomic mass is 19.1. The van der Waals surface area contributed by atoms with Gasteiger partial charge in [0.1, 0.15) is 5.82 Å². The van der Waals surface area contributed by atoms with Crippen molar-refractivity contribution in [3.05, 3.63) is 34.1 Å². The Kier molecular flexibility index (Phi) is 3.99. The lowest BCUT2D eigenvalue weighted by molar-refractivity contribution is -0.384. The average Bonchev–Trinajstić information content (AvgIpc) is 2.41. The van der Waals surface area contributed by atoms with E-state index in [0.717, 1.165) is 31.3 Å². The lowest BCUT2D eigenvalue weighted by Gasteiger charge is -2.32. The van der Waals surface area contributed by atoms with Crippen LogP contribution in [-0.4, -0.2) is 23.9 Å². The molecule has 0 aliphatic carbocycles. The van der Waals surface area contributed by atoms with Crippen LogP contribution in [0, 0.1) is 21.3 Å². The van der Waals surface area contributed by atoms with Crippen molar-refractivity contribution in [1.82, 2.24) is 5.32 Å². The number of nitrogens with zero attached hydrogens (tertiary/aromatic N) is 1. The Balaban J connectivity index is 2.18. The molecule has 7 heteroatoms. The van der Waals surface area contributed by atoms with Gasteiger partial charge in [0.25, 0.3) is 5.69 Å². The maximum Gasteiger partial charge on any atom is 0.271 e. The largest absolute Gasteiger partial charge is 0.323 e. The van der Waals surface area contributed by atoms with E-state index in [-0.39, 0.29) is 17.3 Å². The van der Waals surface area contributed by atoms with Crippen molar-refractivity contribution in [3.63, 3.8) is 0 Å². The van der Waals surface area contributed by atoms with Gasteiger partial charge in [0.2, 0.25) is 5.91 Å². The number of piperidine rings is 1. The number of amides is 1. The molecule has 108 valence electrons. The third-order valence-electron chi connectivity index (χ3n) is 3.66. The molecule has 0 aromatic heterocycles. The summed E-state index contributed by atoms with van der Waals surface area (Å²) in [7, 11) is 0. The van der Waals surface area contributed by atoms with Crippen LogP contribution < -0.4 is 10.6 Å². The van der Waals surface area contributed by atoms with E-state index in [0.29, 0.717) is 12.8 Å². The van der Waals surface area contributed by atoms with Crippen LogP contribution in [0.15, 0.2) is 18.2 Å². The second-order valence-corrected chi connectivity index (χ2v) is 5.19. The predicted octanol–water partition coefficient (Wildman–Crippen LogP) is 2.06. The number of nitrogens with one attached hydrogen (secondary N) is 2. The molecule has 0 saturated carbocycles. The molecule has 6 nitrogen and oxygen atoms in total. The quantitative estimate of drug-likeness (QED) is 0.656. The molecule has 1 heterocycles. The fourth-order valence-corrected chi connectivity index (χ4v) is 2.20. The third-order valence-corrected chi connectivity index (χ3v) is 3.66. The second kappa shape index (κ2) is 5.54. The molecule has 0 unspecified atom stereocenters. The minimum atomic E-state index is -0.679. The fraction of sp³-hybridized carbons (Fsp3) is 0.462. The Morgan fingerprint density at radius 2 is 2.10 bits per heavy atom. The monoisotopic (exact) mass is 281 g/mol. The van der Waals surface area contributed by atoms with Crippen LogP contribution >= 0.6 is 0 Å². The van der Waals surface area contributed by atoms with Crippen molar-refractivity contribution in [1.29, 1.82) is 0 Å². The molecule has 1 aliphatic heterocycles. The van der Waals surface area contributed by atoms with Gasteiger partial charge < -0.3 is 10.6 Å². The third kappa shape index (κ3) is 2.93. The van der Waals surface area contributed by atoms with Gasteiger partial charge in [0, 0.05) is 17.5 Å². The summed E-state index contributed by atoms with van der Waals surface area (Å²) in [4.78, 5) is 22.3. The zero-order chi connectivity index (χ0) is 14.8. The first-order valence-electron chi connectivity index (χ1n) is 6.38. The number of nitro groups is 1. The summed E-state index contributed by atoms with van der Waals surface area (Å²) >= 11 is 0. The number of carbonyl (C=O) groups excluding carboxylic acids is 1. The van der Waals surface area contributed by atoms with Crippen LogP contribution in [0.5, 0.6) is 0 Å². The average molecular weight is 281 g/mol. The fourth-order valence-electron chi connectivity index (χ4n) is 2.20. The Bertz CT molecular complexity index is 542. The second-order valence-electron chi connectivity index (χ2n) is 5.19. The first-order chi connectivity index (χ1) is 9.42. The molecule has 1 amide bonds. The van der Waals surface area contributed by atoms with Crippen LogP contribution in [-0.2, 0) is 4.79 Å². The van der Waals surface area contributed by atoms with E-state index in [9.17, 15) is 19.3 Å². The molecule has 1 aromatic carbocycles. The van der Waals surface area contributed by atoms with Gasteiger partial charge in [-0.1, -0.05) is 6.92 Å². The van der Waals surface area contributed by atoms with Crippen molar-refractivity contribution in [2.45, 2.75) is 19.8 Å². The van der Waals surface area contributed by atoms with E-state index < -0.39 is 16.2 Å². The smallest absolute Gasteiger partial charge is 0.271 e. The molecule has 0 bridgehead atoms. The predicted molar refractivity (Wildman–Crippen MR) is 71.9 cm³/mol. The maximum atomic E-state index is 13.6. The van der Waals surface area contributed by atoms with Crippen molar-refractivity contribution in [2.24, 2.45) is 5.41 Å². The molecule has 1 aliphatic rings. The topological polar surface area (TPSA) is 84.3 Å². The lowest BCUT2D eigenvalue weighted by atomic mass is 9.80. The summed E-state index contributed by atoms with van der Waals surface area (Å²) in [6.45, 7) is 3.26. The van der Waals surface area contributed by atoms with E-state index in [4.69, 9.17) is 0 Å². The van der Waals surface area contributed by atoms with E-state index in [2.05, 4.69) is 10.6 Å². The van der Waals surface area contributed by atoms with Gasteiger partial charge >= 0.3 is 0 Å². The molecular formula is C13H16FN3O3. The Hall–Kier alpha value is -2.02. The molecule has 2 rings (SSSR count). The Morgan fingerprint density at radius 3 is 2.70 bits per heavy atom. The summed E-state index contributed by atoms with van der Waals surface area (Å²) in [6.07, 6.45) is 1.30. The number of hydrogen-bond acceptors (Lipinski definition) is 4. The SMILES string of the molecule is CC1(C(=O)Nc2cc([N+](=O)[O-])ccc2F)CCNCC1. The van der Waals surface area contributed by atoms with E-state index in [1.165, 1.54) is 0 Å². The Labute approximate surface area is 115 Å². The Morgan fingerprint density at radius 1 is 1.45 bits per heavy atom. The zero-order valence-corrected chi connectivity index (χ0v) is 11.1. The highest BCUT2D eigenvalue weighted by molar-refractivity contribution is 5.95. The summed E-state index contributed by atoms with van der Waals surface area (Å²) in [5.41, 5.74) is -0.983. The van der Waals surface area contributed by atoms with Gasteiger partial charge in [-0.05, 0) is 32.0 Å². The number of hydrogen-bond donors (Lipinski definition) is 2. The van der Waals surface area contributed by atoms with Gasteiger partial charge in [-0.2, -0.15) is 0 Å². The van der Waals surface area contributed by atoms with Crippen molar-refractivity contribution in [2.75, 3.05) is 18.4 Å². The van der Waals surface area contributed by atoms with Gasteiger partial charge in [0.15, 0.2) is 0 Å².